The molecule has 3 heterocycles. The molecule has 7 heteroatoms. The first-order valence-corrected chi connectivity index (χ1v) is 12.0. The van der Waals surface area contributed by atoms with Gasteiger partial charge in [0, 0.05) is 38.0 Å². The summed E-state index contributed by atoms with van der Waals surface area (Å²) in [5.74, 6) is 1.30. The third-order valence-electron chi connectivity index (χ3n) is 6.87. The number of hydrogen-bond acceptors (Lipinski definition) is 7. The van der Waals surface area contributed by atoms with Gasteiger partial charge in [-0.3, -0.25) is 9.69 Å². The number of rotatable bonds is 6. The maximum Gasteiger partial charge on any atom is 0.320 e. The van der Waals surface area contributed by atoms with Crippen molar-refractivity contribution in [1.82, 2.24) is 14.9 Å². The predicted molar refractivity (Wildman–Crippen MR) is 125 cm³/mol. The normalized spacial score (nSPS) is 19.9. The summed E-state index contributed by atoms with van der Waals surface area (Å²) in [6.07, 6.45) is 7.96. The van der Waals surface area contributed by atoms with E-state index in [-0.39, 0.29) is 18.3 Å². The van der Waals surface area contributed by atoms with E-state index >= 15 is 0 Å². The number of nitrogens with zero attached hydrogens (tertiary/aromatic N) is 4. The van der Waals surface area contributed by atoms with Crippen molar-refractivity contribution in [2.75, 3.05) is 30.3 Å². The Bertz CT molecular complexity index is 967. The number of ether oxygens (including phenoxy) is 1. The van der Waals surface area contributed by atoms with E-state index in [1.54, 1.807) is 0 Å². The van der Waals surface area contributed by atoms with E-state index < -0.39 is 0 Å². The molecular formula is C25H33N5O2. The summed E-state index contributed by atoms with van der Waals surface area (Å²) in [7, 11) is 0. The lowest BCUT2D eigenvalue weighted by molar-refractivity contribution is -0.118. The van der Waals surface area contributed by atoms with Crippen LogP contribution in [0.2, 0.25) is 0 Å². The fraction of sp³-hybridized carbons (Fsp3) is 0.560. The molecule has 7 nitrogen and oxygen atoms in total. The van der Waals surface area contributed by atoms with Crippen LogP contribution in [-0.2, 0) is 24.3 Å². The van der Waals surface area contributed by atoms with Gasteiger partial charge < -0.3 is 15.4 Å². The zero-order valence-corrected chi connectivity index (χ0v) is 18.8. The average molecular weight is 436 g/mol. The van der Waals surface area contributed by atoms with Gasteiger partial charge >= 0.3 is 6.01 Å². The van der Waals surface area contributed by atoms with E-state index in [1.165, 1.54) is 49.9 Å². The number of anilines is 2. The van der Waals surface area contributed by atoms with Crippen LogP contribution >= 0.6 is 0 Å². The van der Waals surface area contributed by atoms with Crippen LogP contribution in [0.3, 0.4) is 0 Å². The Balaban J connectivity index is 1.39. The van der Waals surface area contributed by atoms with Crippen molar-refractivity contribution < 1.29 is 9.53 Å². The molecule has 0 amide bonds. The van der Waals surface area contributed by atoms with Crippen LogP contribution in [0, 0.1) is 0 Å². The van der Waals surface area contributed by atoms with E-state index in [1.807, 2.05) is 0 Å². The van der Waals surface area contributed by atoms with Crippen molar-refractivity contribution in [2.24, 2.45) is 0 Å². The molecule has 0 atom stereocenters. The summed E-state index contributed by atoms with van der Waals surface area (Å²) >= 11 is 0. The van der Waals surface area contributed by atoms with E-state index in [0.29, 0.717) is 31.3 Å². The topological polar surface area (TPSA) is 84.6 Å². The second-order valence-corrected chi connectivity index (χ2v) is 9.41. The summed E-state index contributed by atoms with van der Waals surface area (Å²) < 4.78 is 6.06. The fourth-order valence-electron chi connectivity index (χ4n) is 5.16. The van der Waals surface area contributed by atoms with Crippen LogP contribution in [-0.4, -0.2) is 46.4 Å². The zero-order valence-electron chi connectivity index (χ0n) is 18.8. The van der Waals surface area contributed by atoms with Crippen LogP contribution in [0.25, 0.3) is 0 Å². The number of aromatic nitrogens is 2. The van der Waals surface area contributed by atoms with Gasteiger partial charge in [-0.2, -0.15) is 9.97 Å². The zero-order chi connectivity index (χ0) is 21.9. The molecule has 5 rings (SSSR count). The Kier molecular flexibility index (Phi) is 6.26. The highest BCUT2D eigenvalue weighted by atomic mass is 16.5. The van der Waals surface area contributed by atoms with Crippen LogP contribution in [0.15, 0.2) is 24.3 Å². The molecule has 1 aromatic carbocycles. The highest BCUT2D eigenvalue weighted by Gasteiger charge is 2.27. The number of fused-ring (bicyclic) bond motifs is 1. The molecule has 1 saturated heterocycles. The summed E-state index contributed by atoms with van der Waals surface area (Å²) in [4.78, 5) is 26.3. The van der Waals surface area contributed by atoms with Crippen molar-refractivity contribution in [3.8, 4) is 6.01 Å². The smallest absolute Gasteiger partial charge is 0.320 e. The molecule has 2 fully saturated rings. The lowest BCUT2D eigenvalue weighted by Crippen LogP contribution is -2.26. The van der Waals surface area contributed by atoms with Crippen LogP contribution < -0.4 is 15.4 Å². The standard InChI is InChI=1S/C25H33N5O2/c26-23-22-15-20(31)10-13-30(24(22)28-25(27-23)32-21-8-1-2-9-21)17-19-7-5-6-18(14-19)16-29-11-3-4-12-29/h5-7,14,21H,1-4,8-13,15-17H2,(H2,26,27,28). The number of benzene rings is 1. The van der Waals surface area contributed by atoms with Crippen molar-refractivity contribution in [2.45, 2.75) is 70.6 Å². The van der Waals surface area contributed by atoms with Crippen LogP contribution in [0.4, 0.5) is 11.6 Å². The maximum absolute atomic E-state index is 12.4. The number of ketones is 1. The molecule has 3 aliphatic rings. The van der Waals surface area contributed by atoms with Gasteiger partial charge in [0.1, 0.15) is 23.5 Å². The quantitative estimate of drug-likeness (QED) is 0.743. The van der Waals surface area contributed by atoms with Crippen molar-refractivity contribution >= 4 is 17.4 Å². The lowest BCUT2D eigenvalue weighted by atomic mass is 10.1. The molecule has 0 unspecified atom stereocenters. The Labute approximate surface area is 190 Å². The van der Waals surface area contributed by atoms with Gasteiger partial charge in [0.2, 0.25) is 0 Å². The molecule has 2 N–H and O–H groups in total. The van der Waals surface area contributed by atoms with E-state index in [4.69, 9.17) is 15.5 Å². The molecule has 1 aromatic heterocycles. The molecule has 0 spiro atoms. The molecule has 1 saturated carbocycles. The molecule has 1 aliphatic carbocycles. The Hall–Kier alpha value is -2.67. The first kappa shape index (κ1) is 21.2. The molecule has 32 heavy (non-hydrogen) atoms. The maximum atomic E-state index is 12.4. The number of nitrogens with two attached hydrogens (primary N) is 1. The molecule has 0 radical (unpaired) electrons. The number of Topliss-reactive ketones (excluding diaryl/α,β-unsaturated/α-hetero) is 1. The Morgan fingerprint density at radius 3 is 2.53 bits per heavy atom. The SMILES string of the molecule is Nc1nc(OC2CCCC2)nc2c1CC(=O)CCN2Cc1cccc(CN2CCCC2)c1. The minimum absolute atomic E-state index is 0.163. The van der Waals surface area contributed by atoms with Gasteiger partial charge in [-0.1, -0.05) is 24.3 Å². The number of likely N-dealkylation sites (tertiary alicyclic amines) is 1. The third kappa shape index (κ3) is 4.88. The van der Waals surface area contributed by atoms with Crippen molar-refractivity contribution in [1.29, 1.82) is 0 Å². The average Bonchev–Trinajstić information content (AvgIpc) is 3.45. The Morgan fingerprint density at radius 2 is 1.75 bits per heavy atom. The van der Waals surface area contributed by atoms with Gasteiger partial charge in [0.25, 0.3) is 0 Å². The Morgan fingerprint density at radius 1 is 1.00 bits per heavy atom. The highest BCUT2D eigenvalue weighted by Crippen LogP contribution is 2.31. The van der Waals surface area contributed by atoms with Gasteiger partial charge in [-0.25, -0.2) is 0 Å². The monoisotopic (exact) mass is 435 g/mol. The minimum atomic E-state index is 0.163. The van der Waals surface area contributed by atoms with Crippen LogP contribution in [0.5, 0.6) is 6.01 Å². The molecule has 170 valence electrons. The number of carbonyl (C=O) groups excluding carboxylic acids is 1. The van der Waals surface area contributed by atoms with Crippen molar-refractivity contribution in [3.63, 3.8) is 0 Å². The van der Waals surface area contributed by atoms with Gasteiger partial charge in [-0.05, 0) is 62.7 Å². The minimum Gasteiger partial charge on any atom is -0.460 e. The molecule has 0 bridgehead atoms. The molecular weight excluding hydrogens is 402 g/mol. The summed E-state index contributed by atoms with van der Waals surface area (Å²) in [5, 5.41) is 0. The third-order valence-corrected chi connectivity index (χ3v) is 6.87. The molecule has 2 aliphatic heterocycles. The molecule has 2 aromatic rings. The fourth-order valence-corrected chi connectivity index (χ4v) is 5.16. The van der Waals surface area contributed by atoms with E-state index in [9.17, 15) is 4.79 Å². The van der Waals surface area contributed by atoms with Gasteiger partial charge in [0.05, 0.1) is 0 Å². The van der Waals surface area contributed by atoms with Gasteiger partial charge in [-0.15, -0.1) is 0 Å². The first-order valence-electron chi connectivity index (χ1n) is 12.0. The number of nitrogen functional groups attached to an aromatic ring is 1. The largest absolute Gasteiger partial charge is 0.460 e. The van der Waals surface area contributed by atoms with Gasteiger partial charge in [0.15, 0.2) is 0 Å². The second kappa shape index (κ2) is 9.45. The number of carbonyl (C=O) groups is 1. The van der Waals surface area contributed by atoms with Crippen LogP contribution in [0.1, 0.15) is 61.6 Å². The highest BCUT2D eigenvalue weighted by molar-refractivity contribution is 5.85. The summed E-state index contributed by atoms with van der Waals surface area (Å²) in [5.41, 5.74) is 9.60. The number of hydrogen-bond donors (Lipinski definition) is 1. The summed E-state index contributed by atoms with van der Waals surface area (Å²) in [6.45, 7) is 4.68. The van der Waals surface area contributed by atoms with Crippen molar-refractivity contribution in [3.05, 3.63) is 41.0 Å². The van der Waals surface area contributed by atoms with E-state index in [0.717, 1.165) is 30.8 Å². The first-order chi connectivity index (χ1) is 15.6. The lowest BCUT2D eigenvalue weighted by Gasteiger charge is -2.25. The second-order valence-electron chi connectivity index (χ2n) is 9.41. The predicted octanol–water partition coefficient (Wildman–Crippen LogP) is 3.50. The summed E-state index contributed by atoms with van der Waals surface area (Å²) in [6, 6.07) is 9.12. The van der Waals surface area contributed by atoms with E-state index in [2.05, 4.69) is 39.0 Å².